The van der Waals surface area contributed by atoms with E-state index in [2.05, 4.69) is 9.97 Å². The molecular formula is C13H8ClN3O2. The first-order valence-electron chi connectivity index (χ1n) is 5.53. The van der Waals surface area contributed by atoms with E-state index in [9.17, 15) is 9.59 Å². The molecule has 5 nitrogen and oxygen atoms in total. The molecule has 6 heteroatoms. The molecule has 0 radical (unpaired) electrons. The second-order valence-electron chi connectivity index (χ2n) is 3.95. The standard InChI is InChI=1S/C13H8ClN3O2/c14-8-3-5-9(6-4-8)17-11-10(2-1-7-15-11)12(18)16-13(17)19/h1-7H,(H,16,18,19). The third-order valence-corrected chi connectivity index (χ3v) is 3.00. The highest BCUT2D eigenvalue weighted by Crippen LogP contribution is 2.14. The van der Waals surface area contributed by atoms with Gasteiger partial charge in [-0.15, -0.1) is 0 Å². The number of hydrogen-bond donors (Lipinski definition) is 1. The average Bonchev–Trinajstić information content (AvgIpc) is 2.41. The zero-order valence-corrected chi connectivity index (χ0v) is 10.4. The van der Waals surface area contributed by atoms with E-state index in [0.29, 0.717) is 21.7 Å². The number of nitrogens with one attached hydrogen (secondary N) is 1. The number of aromatic amines is 1. The number of pyridine rings is 1. The summed E-state index contributed by atoms with van der Waals surface area (Å²) in [6, 6.07) is 9.99. The van der Waals surface area contributed by atoms with Gasteiger partial charge in [-0.3, -0.25) is 9.78 Å². The Labute approximate surface area is 112 Å². The molecule has 0 saturated carbocycles. The molecule has 0 aliphatic heterocycles. The quantitative estimate of drug-likeness (QED) is 0.734. The summed E-state index contributed by atoms with van der Waals surface area (Å²) in [4.78, 5) is 30.1. The summed E-state index contributed by atoms with van der Waals surface area (Å²) < 4.78 is 1.34. The highest BCUT2D eigenvalue weighted by Gasteiger charge is 2.09. The van der Waals surface area contributed by atoms with Crippen LogP contribution < -0.4 is 11.2 Å². The first kappa shape index (κ1) is 11.7. The van der Waals surface area contributed by atoms with Crippen LogP contribution in [0.3, 0.4) is 0 Å². The van der Waals surface area contributed by atoms with Crippen LogP contribution in [0, 0.1) is 0 Å². The van der Waals surface area contributed by atoms with Gasteiger partial charge in [0.1, 0.15) is 0 Å². The van der Waals surface area contributed by atoms with Crippen LogP contribution in [-0.4, -0.2) is 14.5 Å². The molecule has 0 bridgehead atoms. The molecule has 0 fully saturated rings. The summed E-state index contributed by atoms with van der Waals surface area (Å²) in [5.41, 5.74) is -0.0650. The minimum absolute atomic E-state index is 0.318. The van der Waals surface area contributed by atoms with Gasteiger partial charge in [0.2, 0.25) is 0 Å². The van der Waals surface area contributed by atoms with Gasteiger partial charge in [0.05, 0.1) is 11.1 Å². The van der Waals surface area contributed by atoms with E-state index in [-0.39, 0.29) is 0 Å². The molecule has 0 unspecified atom stereocenters. The Hall–Kier alpha value is -2.40. The van der Waals surface area contributed by atoms with E-state index >= 15 is 0 Å². The maximum absolute atomic E-state index is 12.0. The SMILES string of the molecule is O=c1[nH]c(=O)n(-c2ccc(Cl)cc2)c2ncccc12. The predicted molar refractivity (Wildman–Crippen MR) is 73.0 cm³/mol. The number of nitrogens with zero attached hydrogens (tertiary/aromatic N) is 2. The number of fused-ring (bicyclic) bond motifs is 1. The fourth-order valence-corrected chi connectivity index (χ4v) is 2.02. The van der Waals surface area contributed by atoms with Gasteiger partial charge in [0, 0.05) is 11.2 Å². The van der Waals surface area contributed by atoms with Gasteiger partial charge in [0.25, 0.3) is 5.56 Å². The molecule has 1 N–H and O–H groups in total. The van der Waals surface area contributed by atoms with Gasteiger partial charge < -0.3 is 0 Å². The third kappa shape index (κ3) is 1.94. The summed E-state index contributed by atoms with van der Waals surface area (Å²) in [7, 11) is 0. The smallest absolute Gasteiger partial charge is 0.273 e. The maximum atomic E-state index is 12.0. The molecule has 0 spiro atoms. The van der Waals surface area contributed by atoms with Crippen LogP contribution in [0.5, 0.6) is 0 Å². The molecule has 2 heterocycles. The monoisotopic (exact) mass is 273 g/mol. The molecule has 0 amide bonds. The summed E-state index contributed by atoms with van der Waals surface area (Å²) in [5, 5.41) is 0.926. The summed E-state index contributed by atoms with van der Waals surface area (Å²) >= 11 is 5.82. The first-order chi connectivity index (χ1) is 9.16. The zero-order valence-electron chi connectivity index (χ0n) is 9.63. The van der Waals surface area contributed by atoms with Crippen molar-refractivity contribution >= 4 is 22.6 Å². The number of benzene rings is 1. The van der Waals surface area contributed by atoms with Crippen molar-refractivity contribution in [3.05, 3.63) is 68.5 Å². The lowest BCUT2D eigenvalue weighted by Crippen LogP contribution is -2.29. The lowest BCUT2D eigenvalue weighted by molar-refractivity contribution is 0.925. The normalized spacial score (nSPS) is 10.8. The second kappa shape index (κ2) is 4.37. The van der Waals surface area contributed by atoms with Gasteiger partial charge in [0.15, 0.2) is 5.65 Å². The van der Waals surface area contributed by atoms with E-state index in [0.717, 1.165) is 0 Å². The van der Waals surface area contributed by atoms with Crippen LogP contribution in [0.25, 0.3) is 16.7 Å². The number of aromatic nitrogens is 3. The molecule has 0 aliphatic rings. The van der Waals surface area contributed by atoms with Crippen LogP contribution in [0.1, 0.15) is 0 Å². The average molecular weight is 274 g/mol. The summed E-state index contributed by atoms with van der Waals surface area (Å²) in [6.07, 6.45) is 1.54. The van der Waals surface area contributed by atoms with Crippen molar-refractivity contribution < 1.29 is 0 Å². The number of hydrogen-bond acceptors (Lipinski definition) is 3. The number of halogens is 1. The highest BCUT2D eigenvalue weighted by molar-refractivity contribution is 6.30. The Morgan fingerprint density at radius 3 is 2.58 bits per heavy atom. The first-order valence-corrected chi connectivity index (χ1v) is 5.90. The van der Waals surface area contributed by atoms with Crippen molar-refractivity contribution in [1.82, 2.24) is 14.5 Å². The van der Waals surface area contributed by atoms with Crippen molar-refractivity contribution in [1.29, 1.82) is 0 Å². The van der Waals surface area contributed by atoms with E-state index in [1.54, 1.807) is 36.4 Å². The van der Waals surface area contributed by atoms with Gasteiger partial charge in [-0.25, -0.2) is 14.3 Å². The van der Waals surface area contributed by atoms with E-state index in [1.807, 2.05) is 0 Å². The Kier molecular flexibility index (Phi) is 2.68. The third-order valence-electron chi connectivity index (χ3n) is 2.75. The Balaban J connectivity index is 2.44. The predicted octanol–water partition coefficient (Wildman–Crippen LogP) is 1.73. The molecule has 3 aromatic rings. The van der Waals surface area contributed by atoms with Crippen molar-refractivity contribution in [2.75, 3.05) is 0 Å². The largest absolute Gasteiger partial charge is 0.334 e. The molecule has 0 saturated heterocycles. The van der Waals surface area contributed by atoms with Crippen molar-refractivity contribution in [2.45, 2.75) is 0 Å². The second-order valence-corrected chi connectivity index (χ2v) is 4.38. The lowest BCUT2D eigenvalue weighted by atomic mass is 10.3. The fraction of sp³-hybridized carbons (Fsp3) is 0. The van der Waals surface area contributed by atoms with Crippen LogP contribution in [0.15, 0.2) is 52.2 Å². The summed E-state index contributed by atoms with van der Waals surface area (Å²) in [5.74, 6) is 0. The molecule has 1 aromatic carbocycles. The van der Waals surface area contributed by atoms with E-state index in [4.69, 9.17) is 11.6 Å². The molecule has 94 valence electrons. The molecule has 0 atom stereocenters. The van der Waals surface area contributed by atoms with Gasteiger partial charge in [-0.1, -0.05) is 11.6 Å². The maximum Gasteiger partial charge on any atom is 0.334 e. The van der Waals surface area contributed by atoms with Gasteiger partial charge >= 0.3 is 5.69 Å². The molecular weight excluding hydrogens is 266 g/mol. The van der Waals surface area contributed by atoms with E-state index < -0.39 is 11.2 Å². The fourth-order valence-electron chi connectivity index (χ4n) is 1.90. The zero-order chi connectivity index (χ0) is 13.4. The molecule has 0 aliphatic carbocycles. The minimum atomic E-state index is -0.529. The molecule has 3 rings (SSSR count). The number of rotatable bonds is 1. The van der Waals surface area contributed by atoms with Gasteiger partial charge in [-0.05, 0) is 36.4 Å². The lowest BCUT2D eigenvalue weighted by Gasteiger charge is -2.08. The Morgan fingerprint density at radius 2 is 1.84 bits per heavy atom. The van der Waals surface area contributed by atoms with Crippen LogP contribution in [-0.2, 0) is 0 Å². The van der Waals surface area contributed by atoms with Crippen LogP contribution in [0.2, 0.25) is 5.02 Å². The van der Waals surface area contributed by atoms with Crippen LogP contribution in [0.4, 0.5) is 0 Å². The topological polar surface area (TPSA) is 67.8 Å². The number of H-pyrrole nitrogens is 1. The Bertz CT molecular complexity index is 865. The molecule has 2 aromatic heterocycles. The highest BCUT2D eigenvalue weighted by atomic mass is 35.5. The van der Waals surface area contributed by atoms with Crippen LogP contribution >= 0.6 is 11.6 Å². The Morgan fingerprint density at radius 1 is 1.11 bits per heavy atom. The minimum Gasteiger partial charge on any atom is -0.273 e. The summed E-state index contributed by atoms with van der Waals surface area (Å²) in [6.45, 7) is 0. The van der Waals surface area contributed by atoms with E-state index in [1.165, 1.54) is 10.8 Å². The molecule has 19 heavy (non-hydrogen) atoms. The van der Waals surface area contributed by atoms with Gasteiger partial charge in [-0.2, -0.15) is 0 Å². The van der Waals surface area contributed by atoms with Crippen molar-refractivity contribution in [3.8, 4) is 5.69 Å². The van der Waals surface area contributed by atoms with Crippen molar-refractivity contribution in [3.63, 3.8) is 0 Å². The van der Waals surface area contributed by atoms with Crippen molar-refractivity contribution in [2.24, 2.45) is 0 Å².